The number of hydrogen-bond acceptors (Lipinski definition) is 4. The molecule has 1 aromatic carbocycles. The van der Waals surface area contributed by atoms with E-state index in [-0.39, 0.29) is 16.9 Å². The lowest BCUT2D eigenvalue weighted by molar-refractivity contribution is -0.384. The highest BCUT2D eigenvalue weighted by Gasteiger charge is 2.17. The molecule has 1 heterocycles. The molecular formula is C13H10FN3O4. The van der Waals surface area contributed by atoms with E-state index in [0.717, 1.165) is 18.2 Å². The van der Waals surface area contributed by atoms with Gasteiger partial charge < -0.3 is 9.88 Å². The maximum absolute atomic E-state index is 13.6. The molecule has 8 heteroatoms. The van der Waals surface area contributed by atoms with Crippen molar-refractivity contribution < 1.29 is 14.1 Å². The normalized spacial score (nSPS) is 10.2. The monoisotopic (exact) mass is 291 g/mol. The summed E-state index contributed by atoms with van der Waals surface area (Å²) in [5, 5.41) is 13.0. The van der Waals surface area contributed by atoms with Crippen LogP contribution in [0.2, 0.25) is 0 Å². The zero-order valence-electron chi connectivity index (χ0n) is 10.9. The number of halogens is 1. The molecule has 21 heavy (non-hydrogen) atoms. The highest BCUT2D eigenvalue weighted by atomic mass is 19.1. The summed E-state index contributed by atoms with van der Waals surface area (Å²) in [5.74, 6) is -1.71. The summed E-state index contributed by atoms with van der Waals surface area (Å²) < 4.78 is 14.8. The molecule has 0 atom stereocenters. The fourth-order valence-electron chi connectivity index (χ4n) is 1.67. The lowest BCUT2D eigenvalue weighted by Gasteiger charge is -2.07. The van der Waals surface area contributed by atoms with E-state index in [4.69, 9.17) is 0 Å². The number of nitrogens with zero attached hydrogens (tertiary/aromatic N) is 2. The van der Waals surface area contributed by atoms with E-state index in [2.05, 4.69) is 5.32 Å². The van der Waals surface area contributed by atoms with Gasteiger partial charge in [0.1, 0.15) is 5.82 Å². The summed E-state index contributed by atoms with van der Waals surface area (Å²) in [5.41, 5.74) is -0.831. The van der Waals surface area contributed by atoms with Crippen LogP contribution in [0.3, 0.4) is 0 Å². The first-order valence-electron chi connectivity index (χ1n) is 5.80. The molecule has 0 aliphatic carbocycles. The number of carbonyl (C=O) groups is 1. The van der Waals surface area contributed by atoms with Crippen molar-refractivity contribution in [1.82, 2.24) is 4.57 Å². The molecule has 1 amide bonds. The highest BCUT2D eigenvalue weighted by Crippen LogP contribution is 2.18. The summed E-state index contributed by atoms with van der Waals surface area (Å²) in [4.78, 5) is 33.1. The van der Waals surface area contributed by atoms with Gasteiger partial charge in [0.25, 0.3) is 11.6 Å². The minimum Gasteiger partial charge on any atom is -0.321 e. The van der Waals surface area contributed by atoms with Gasteiger partial charge in [-0.3, -0.25) is 19.7 Å². The van der Waals surface area contributed by atoms with Crippen LogP contribution in [0.1, 0.15) is 10.4 Å². The lowest BCUT2D eigenvalue weighted by Crippen LogP contribution is -2.18. The van der Waals surface area contributed by atoms with Gasteiger partial charge >= 0.3 is 0 Å². The molecule has 0 aliphatic heterocycles. The van der Waals surface area contributed by atoms with Crippen molar-refractivity contribution in [2.75, 3.05) is 5.32 Å². The second-order valence-electron chi connectivity index (χ2n) is 4.24. The van der Waals surface area contributed by atoms with Crippen LogP contribution in [-0.2, 0) is 7.05 Å². The van der Waals surface area contributed by atoms with Crippen LogP contribution in [-0.4, -0.2) is 15.4 Å². The number of nitro groups is 1. The average molecular weight is 291 g/mol. The Balaban J connectivity index is 2.31. The first-order chi connectivity index (χ1) is 9.88. The Morgan fingerprint density at radius 3 is 2.67 bits per heavy atom. The van der Waals surface area contributed by atoms with Gasteiger partial charge in [-0.25, -0.2) is 4.39 Å². The molecule has 108 valence electrons. The number of anilines is 1. The minimum atomic E-state index is -0.872. The summed E-state index contributed by atoms with van der Waals surface area (Å²) in [6, 6.07) is 5.27. The first kappa shape index (κ1) is 14.4. The molecule has 0 radical (unpaired) electrons. The van der Waals surface area contributed by atoms with E-state index in [0.29, 0.717) is 0 Å². The SMILES string of the molecule is Cn1cc(NC(=O)c2cc([N+](=O)[O-])ccc2F)ccc1=O. The summed E-state index contributed by atoms with van der Waals surface area (Å²) >= 11 is 0. The van der Waals surface area contributed by atoms with Gasteiger partial charge in [0.15, 0.2) is 0 Å². The number of hydrogen-bond donors (Lipinski definition) is 1. The number of nitro benzene ring substituents is 1. The third kappa shape index (κ3) is 3.11. The number of benzene rings is 1. The number of nitrogens with one attached hydrogen (secondary N) is 1. The van der Waals surface area contributed by atoms with Crippen LogP contribution in [0.15, 0.2) is 41.3 Å². The average Bonchev–Trinajstić information content (AvgIpc) is 2.43. The number of pyridine rings is 1. The number of carbonyl (C=O) groups excluding carboxylic acids is 1. The molecule has 0 spiro atoms. The molecule has 0 unspecified atom stereocenters. The maximum Gasteiger partial charge on any atom is 0.270 e. The van der Waals surface area contributed by atoms with E-state index in [9.17, 15) is 24.1 Å². The second kappa shape index (κ2) is 5.53. The summed E-state index contributed by atoms with van der Waals surface area (Å²) in [7, 11) is 1.49. The van der Waals surface area contributed by atoms with Gasteiger partial charge in [-0.2, -0.15) is 0 Å². The Labute approximate surface area is 117 Å². The molecular weight excluding hydrogens is 281 g/mol. The molecule has 2 aromatic rings. The molecule has 0 saturated carbocycles. The molecule has 2 rings (SSSR count). The quantitative estimate of drug-likeness (QED) is 0.687. The van der Waals surface area contributed by atoms with Gasteiger partial charge in [-0.1, -0.05) is 0 Å². The lowest BCUT2D eigenvalue weighted by atomic mass is 10.1. The molecule has 0 bridgehead atoms. The molecule has 0 aliphatic rings. The standard InChI is InChI=1S/C13H10FN3O4/c1-16-7-8(2-5-12(16)18)15-13(19)10-6-9(17(20)21)3-4-11(10)14/h2-7H,1H3,(H,15,19). The Hall–Kier alpha value is -3.03. The van der Waals surface area contributed by atoms with Crippen molar-refractivity contribution in [1.29, 1.82) is 0 Å². The van der Waals surface area contributed by atoms with Crippen LogP contribution in [0.4, 0.5) is 15.8 Å². The van der Waals surface area contributed by atoms with E-state index in [1.54, 1.807) is 0 Å². The third-order valence-corrected chi connectivity index (χ3v) is 2.75. The van der Waals surface area contributed by atoms with Crippen molar-refractivity contribution in [3.63, 3.8) is 0 Å². The molecule has 1 N–H and O–H groups in total. The van der Waals surface area contributed by atoms with Gasteiger partial charge in [0.2, 0.25) is 5.56 Å². The predicted molar refractivity (Wildman–Crippen MR) is 72.7 cm³/mol. The largest absolute Gasteiger partial charge is 0.321 e. The van der Waals surface area contributed by atoms with Crippen LogP contribution in [0.5, 0.6) is 0 Å². The van der Waals surface area contributed by atoms with Crippen molar-refractivity contribution in [3.05, 3.63) is 68.4 Å². The fraction of sp³-hybridized carbons (Fsp3) is 0.0769. The number of rotatable bonds is 3. The zero-order valence-corrected chi connectivity index (χ0v) is 10.9. The van der Waals surface area contributed by atoms with Crippen molar-refractivity contribution in [2.24, 2.45) is 7.05 Å². The molecule has 1 aromatic heterocycles. The van der Waals surface area contributed by atoms with Gasteiger partial charge in [0.05, 0.1) is 16.2 Å². The fourth-order valence-corrected chi connectivity index (χ4v) is 1.67. The minimum absolute atomic E-state index is 0.269. The Bertz CT molecular complexity index is 785. The van der Waals surface area contributed by atoms with Crippen LogP contribution in [0.25, 0.3) is 0 Å². The Morgan fingerprint density at radius 1 is 1.33 bits per heavy atom. The van der Waals surface area contributed by atoms with E-state index >= 15 is 0 Å². The Morgan fingerprint density at radius 2 is 2.05 bits per heavy atom. The van der Waals surface area contributed by atoms with Crippen LogP contribution in [0, 0.1) is 15.9 Å². The van der Waals surface area contributed by atoms with E-state index < -0.39 is 22.2 Å². The number of non-ortho nitro benzene ring substituents is 1. The second-order valence-corrected chi connectivity index (χ2v) is 4.24. The molecule has 7 nitrogen and oxygen atoms in total. The van der Waals surface area contributed by atoms with Crippen molar-refractivity contribution >= 4 is 17.3 Å². The highest BCUT2D eigenvalue weighted by molar-refractivity contribution is 6.04. The third-order valence-electron chi connectivity index (χ3n) is 2.75. The smallest absolute Gasteiger partial charge is 0.270 e. The van der Waals surface area contributed by atoms with Gasteiger partial charge in [-0.15, -0.1) is 0 Å². The van der Waals surface area contributed by atoms with E-state index in [1.165, 1.54) is 29.9 Å². The van der Waals surface area contributed by atoms with E-state index in [1.807, 2.05) is 0 Å². The number of aryl methyl sites for hydroxylation is 1. The number of amides is 1. The predicted octanol–water partition coefficient (Wildman–Crippen LogP) is 1.68. The maximum atomic E-state index is 13.6. The summed E-state index contributed by atoms with van der Waals surface area (Å²) in [6.45, 7) is 0. The molecule has 0 saturated heterocycles. The van der Waals surface area contributed by atoms with Crippen LogP contribution >= 0.6 is 0 Å². The van der Waals surface area contributed by atoms with Gasteiger partial charge in [0, 0.05) is 31.4 Å². The Kier molecular flexibility index (Phi) is 3.79. The van der Waals surface area contributed by atoms with Crippen molar-refractivity contribution in [3.8, 4) is 0 Å². The van der Waals surface area contributed by atoms with Crippen LogP contribution < -0.4 is 10.9 Å². The topological polar surface area (TPSA) is 94.2 Å². The first-order valence-corrected chi connectivity index (χ1v) is 5.80. The number of aromatic nitrogens is 1. The van der Waals surface area contributed by atoms with Gasteiger partial charge in [-0.05, 0) is 12.1 Å². The zero-order chi connectivity index (χ0) is 15.6. The summed E-state index contributed by atoms with van der Waals surface area (Å²) in [6.07, 6.45) is 1.36. The molecule has 0 fully saturated rings. The van der Waals surface area contributed by atoms with Crippen molar-refractivity contribution in [2.45, 2.75) is 0 Å².